The molecule has 0 unspecified atom stereocenters. The van der Waals surface area contributed by atoms with Crippen molar-refractivity contribution in [3.63, 3.8) is 0 Å². The van der Waals surface area contributed by atoms with Gasteiger partial charge < -0.3 is 38.3 Å². The highest BCUT2D eigenvalue weighted by Gasteiger charge is 2.37. The van der Waals surface area contributed by atoms with Gasteiger partial charge in [0, 0.05) is 42.4 Å². The molecule has 4 aromatic rings. The number of likely N-dealkylation sites (N-methyl/N-ethyl adjacent to an activating group) is 2. The highest BCUT2D eigenvalue weighted by molar-refractivity contribution is 5.85. The summed E-state index contributed by atoms with van der Waals surface area (Å²) in [6, 6.07) is 14.1. The van der Waals surface area contributed by atoms with E-state index in [-0.39, 0.29) is 17.8 Å². The zero-order valence-corrected chi connectivity index (χ0v) is 30.1. The summed E-state index contributed by atoms with van der Waals surface area (Å²) < 4.78 is 41.7. The molecular weight excluding hydrogens is 636 g/mol. The first-order valence-corrected chi connectivity index (χ1v) is 16.9. The molecule has 0 saturated heterocycles. The van der Waals surface area contributed by atoms with Crippen LogP contribution in [0.3, 0.4) is 0 Å². The van der Waals surface area contributed by atoms with E-state index in [1.54, 1.807) is 42.7 Å². The lowest BCUT2D eigenvalue weighted by atomic mass is 9.76. The molecule has 10 nitrogen and oxygen atoms in total. The molecule has 2 aliphatic heterocycles. The van der Waals surface area contributed by atoms with E-state index in [2.05, 4.69) is 42.1 Å². The summed E-state index contributed by atoms with van der Waals surface area (Å²) in [5.74, 6) is 5.07. The maximum absolute atomic E-state index is 10.7. The average molecular weight is 683 g/mol. The van der Waals surface area contributed by atoms with Gasteiger partial charge in [0.15, 0.2) is 46.0 Å². The maximum Gasteiger partial charge on any atom is 0.169 e. The number of phenolic OH excluding ortho intramolecular Hbond substituents is 1. The van der Waals surface area contributed by atoms with E-state index in [1.165, 1.54) is 11.1 Å². The summed E-state index contributed by atoms with van der Waals surface area (Å²) in [5, 5.41) is 10.7. The van der Waals surface area contributed by atoms with Gasteiger partial charge in [0.2, 0.25) is 0 Å². The van der Waals surface area contributed by atoms with Crippen molar-refractivity contribution in [1.29, 1.82) is 0 Å². The van der Waals surface area contributed by atoms with Gasteiger partial charge in [-0.2, -0.15) is 0 Å². The van der Waals surface area contributed by atoms with Crippen molar-refractivity contribution in [2.45, 2.75) is 37.8 Å². The Balaban J connectivity index is 1.34. The van der Waals surface area contributed by atoms with E-state index in [1.807, 2.05) is 24.3 Å². The first-order chi connectivity index (χ1) is 24.2. The van der Waals surface area contributed by atoms with Gasteiger partial charge in [-0.1, -0.05) is 0 Å². The monoisotopic (exact) mass is 682 g/mol. The number of fused-ring (bicyclic) bond motifs is 3. The van der Waals surface area contributed by atoms with E-state index in [9.17, 15) is 5.11 Å². The Morgan fingerprint density at radius 1 is 0.620 bits per heavy atom. The van der Waals surface area contributed by atoms with Gasteiger partial charge in [0.05, 0.1) is 42.7 Å². The largest absolute Gasteiger partial charge is 0.504 e. The Kier molecular flexibility index (Phi) is 9.09. The Morgan fingerprint density at radius 2 is 1.24 bits per heavy atom. The van der Waals surface area contributed by atoms with Crippen molar-refractivity contribution in [1.82, 2.24) is 9.80 Å². The van der Waals surface area contributed by atoms with Gasteiger partial charge in [-0.15, -0.1) is 0 Å². The van der Waals surface area contributed by atoms with Gasteiger partial charge in [0.1, 0.15) is 5.75 Å². The number of methoxy groups -OCH3 is 6. The third-order valence-electron chi connectivity index (χ3n) is 10.7. The molecule has 3 aliphatic rings. The number of ether oxygens (including phenoxy) is 7. The second kappa shape index (κ2) is 13.5. The molecular formula is C40H46N2O8. The predicted octanol–water partition coefficient (Wildman–Crippen LogP) is 6.76. The highest BCUT2D eigenvalue weighted by atomic mass is 16.5. The van der Waals surface area contributed by atoms with E-state index in [0.717, 1.165) is 77.2 Å². The van der Waals surface area contributed by atoms with Crippen LogP contribution < -0.4 is 33.2 Å². The molecule has 0 spiro atoms. The molecule has 0 amide bonds. The van der Waals surface area contributed by atoms with Crippen LogP contribution in [-0.2, 0) is 25.7 Å². The second-order valence-electron chi connectivity index (χ2n) is 13.3. The lowest BCUT2D eigenvalue weighted by molar-refractivity contribution is 0.226. The molecule has 1 N–H and O–H groups in total. The molecule has 2 heterocycles. The van der Waals surface area contributed by atoms with Crippen molar-refractivity contribution in [2.75, 3.05) is 69.8 Å². The Labute approximate surface area is 294 Å². The molecule has 4 aromatic carbocycles. The lowest BCUT2D eigenvalue weighted by Crippen LogP contribution is -2.35. The zero-order valence-electron chi connectivity index (χ0n) is 30.1. The van der Waals surface area contributed by atoms with Crippen molar-refractivity contribution in [3.05, 3.63) is 75.8 Å². The third kappa shape index (κ3) is 5.60. The van der Waals surface area contributed by atoms with E-state index < -0.39 is 0 Å². The summed E-state index contributed by atoms with van der Waals surface area (Å²) in [6.07, 6.45) is 3.21. The maximum atomic E-state index is 10.7. The summed E-state index contributed by atoms with van der Waals surface area (Å²) in [7, 11) is 14.2. The van der Waals surface area contributed by atoms with E-state index >= 15 is 0 Å². The summed E-state index contributed by atoms with van der Waals surface area (Å²) in [4.78, 5) is 4.73. The van der Waals surface area contributed by atoms with Crippen molar-refractivity contribution >= 4 is 0 Å². The van der Waals surface area contributed by atoms with Crippen LogP contribution in [-0.4, -0.2) is 84.7 Å². The standard InChI is InChI=1S/C40H46N2O8/c1-41-11-9-22-15-32(44-3)30(43)19-26(22)28(41)14-25-18-33(45-4)35(47-6)21-31(25)50-36-17-24-13-29-38-23(10-12-42(29)2)16-37(48-7)40(49-8)39(38)27(24)20-34(36)46-5/h15-21,28-29,43H,9-14H2,1-8H3/t28-,29-/m0/s1. The normalized spacial score (nSPS) is 18.0. The SMILES string of the molecule is COc1cc2c(cc1O)[C@H](Cc1cc(OC)c(OC)cc1Oc1cc3c(cc1OC)-c1c(OC)c(OC)cc4c1[C@H](C3)N(C)CC4)N(C)CC2. The first kappa shape index (κ1) is 33.7. The third-order valence-corrected chi connectivity index (χ3v) is 10.7. The molecule has 264 valence electrons. The van der Waals surface area contributed by atoms with Crippen LogP contribution in [0, 0.1) is 0 Å². The Morgan fingerprint density at radius 3 is 1.94 bits per heavy atom. The molecule has 10 heteroatoms. The minimum Gasteiger partial charge on any atom is -0.504 e. The predicted molar refractivity (Wildman–Crippen MR) is 191 cm³/mol. The van der Waals surface area contributed by atoms with Gasteiger partial charge in [-0.3, -0.25) is 9.80 Å². The number of phenols is 1. The molecule has 0 bridgehead atoms. The summed E-state index contributed by atoms with van der Waals surface area (Å²) in [5.41, 5.74) is 8.97. The number of aromatic hydroxyl groups is 1. The van der Waals surface area contributed by atoms with Crippen LogP contribution in [0.15, 0.2) is 42.5 Å². The summed E-state index contributed by atoms with van der Waals surface area (Å²) in [6.45, 7) is 1.82. The highest BCUT2D eigenvalue weighted by Crippen LogP contribution is 2.54. The van der Waals surface area contributed by atoms with Crippen LogP contribution in [0.5, 0.6) is 51.7 Å². The van der Waals surface area contributed by atoms with Gasteiger partial charge in [-0.05, 0) is 110 Å². The number of hydrogen-bond acceptors (Lipinski definition) is 10. The lowest BCUT2D eigenvalue weighted by Gasteiger charge is -2.40. The fourth-order valence-corrected chi connectivity index (χ4v) is 8.06. The Hall–Kier alpha value is -4.80. The Bertz CT molecular complexity index is 1940. The molecule has 50 heavy (non-hydrogen) atoms. The molecule has 0 fully saturated rings. The van der Waals surface area contributed by atoms with E-state index in [4.69, 9.17) is 33.2 Å². The van der Waals surface area contributed by atoms with Crippen LogP contribution in [0.1, 0.15) is 45.5 Å². The number of rotatable bonds is 10. The number of nitrogens with zero attached hydrogens (tertiary/aromatic N) is 2. The average Bonchev–Trinajstić information content (AvgIpc) is 3.13. The number of benzene rings is 4. The molecule has 0 aromatic heterocycles. The van der Waals surface area contributed by atoms with Crippen LogP contribution >= 0.6 is 0 Å². The first-order valence-electron chi connectivity index (χ1n) is 16.9. The molecule has 7 rings (SSSR count). The molecule has 0 saturated carbocycles. The second-order valence-corrected chi connectivity index (χ2v) is 13.3. The van der Waals surface area contributed by atoms with Crippen molar-refractivity contribution in [3.8, 4) is 62.9 Å². The van der Waals surface area contributed by atoms with Gasteiger partial charge in [0.25, 0.3) is 0 Å². The summed E-state index contributed by atoms with van der Waals surface area (Å²) >= 11 is 0. The topological polar surface area (TPSA) is 91.3 Å². The minimum atomic E-state index is -0.0311. The van der Waals surface area contributed by atoms with Crippen LogP contribution in [0.4, 0.5) is 0 Å². The van der Waals surface area contributed by atoms with Crippen LogP contribution in [0.25, 0.3) is 11.1 Å². The van der Waals surface area contributed by atoms with Gasteiger partial charge in [-0.25, -0.2) is 0 Å². The van der Waals surface area contributed by atoms with Crippen molar-refractivity contribution < 1.29 is 38.3 Å². The van der Waals surface area contributed by atoms with Gasteiger partial charge >= 0.3 is 0 Å². The quantitative estimate of drug-likeness (QED) is 0.194. The van der Waals surface area contributed by atoms with E-state index in [0.29, 0.717) is 40.9 Å². The minimum absolute atomic E-state index is 0.0311. The zero-order chi connectivity index (χ0) is 35.3. The fourth-order valence-electron chi connectivity index (χ4n) is 8.06. The molecule has 2 atom stereocenters. The molecule has 1 aliphatic carbocycles. The number of hydrogen-bond donors (Lipinski definition) is 1. The van der Waals surface area contributed by atoms with Crippen molar-refractivity contribution in [2.24, 2.45) is 0 Å². The van der Waals surface area contributed by atoms with Crippen LogP contribution in [0.2, 0.25) is 0 Å². The molecule has 0 radical (unpaired) electrons. The fraction of sp³-hybridized carbons (Fsp3) is 0.400. The smallest absolute Gasteiger partial charge is 0.169 e.